The third-order valence-corrected chi connectivity index (χ3v) is 5.01. The summed E-state index contributed by atoms with van der Waals surface area (Å²) in [4.78, 5) is 3.96. The minimum atomic E-state index is -3.86. The van der Waals surface area contributed by atoms with Crippen molar-refractivity contribution in [3.8, 4) is 11.3 Å². The van der Waals surface area contributed by atoms with Crippen LogP contribution in [-0.2, 0) is 16.6 Å². The molecule has 3 rings (SSSR count). The highest BCUT2D eigenvalue weighted by molar-refractivity contribution is 7.89. The smallest absolute Gasteiger partial charge is 0.241 e. The third kappa shape index (κ3) is 3.52. The summed E-state index contributed by atoms with van der Waals surface area (Å²) in [5.74, 6) is 0.168. The fourth-order valence-electron chi connectivity index (χ4n) is 2.23. The molecule has 0 fully saturated rings. The molecule has 0 amide bonds. The first kappa shape index (κ1) is 16.4. The fraction of sp³-hybridized carbons (Fsp3) is 0.118. The lowest BCUT2D eigenvalue weighted by Gasteiger charge is -2.08. The molecule has 5 nitrogen and oxygen atoms in total. The van der Waals surface area contributed by atoms with Gasteiger partial charge in [0, 0.05) is 5.56 Å². The normalized spacial score (nSPS) is 11.6. The van der Waals surface area contributed by atoms with Gasteiger partial charge in [0.2, 0.25) is 15.9 Å². The molecule has 1 aromatic heterocycles. The third-order valence-electron chi connectivity index (χ3n) is 3.46. The van der Waals surface area contributed by atoms with Crippen LogP contribution in [0.2, 0.25) is 0 Å². The number of aromatic nitrogens is 1. The molecule has 0 radical (unpaired) electrons. The van der Waals surface area contributed by atoms with Crippen molar-refractivity contribution in [1.82, 2.24) is 9.71 Å². The summed E-state index contributed by atoms with van der Waals surface area (Å²) in [5.41, 5.74) is 1.31. The molecule has 0 saturated carbocycles. The van der Waals surface area contributed by atoms with Gasteiger partial charge in [0.15, 0.2) is 5.76 Å². The zero-order valence-corrected chi connectivity index (χ0v) is 13.7. The van der Waals surface area contributed by atoms with Crippen molar-refractivity contribution in [2.75, 3.05) is 0 Å². The van der Waals surface area contributed by atoms with Gasteiger partial charge in [-0.1, -0.05) is 36.4 Å². The predicted molar refractivity (Wildman–Crippen MR) is 87.1 cm³/mol. The van der Waals surface area contributed by atoms with E-state index in [2.05, 4.69) is 9.71 Å². The van der Waals surface area contributed by atoms with Gasteiger partial charge in [-0.05, 0) is 24.6 Å². The molecule has 0 atom stereocenters. The van der Waals surface area contributed by atoms with Crippen molar-refractivity contribution >= 4 is 10.0 Å². The molecule has 0 bridgehead atoms. The number of halogens is 1. The Morgan fingerprint density at radius 1 is 1.17 bits per heavy atom. The first-order valence-electron chi connectivity index (χ1n) is 7.22. The molecule has 124 valence electrons. The molecule has 1 N–H and O–H groups in total. The van der Waals surface area contributed by atoms with E-state index in [9.17, 15) is 12.8 Å². The van der Waals surface area contributed by atoms with Gasteiger partial charge < -0.3 is 4.42 Å². The average molecular weight is 346 g/mol. The number of oxazole rings is 1. The Kier molecular flexibility index (Phi) is 4.46. The van der Waals surface area contributed by atoms with Crippen LogP contribution in [0.4, 0.5) is 4.39 Å². The molecule has 0 unspecified atom stereocenters. The van der Waals surface area contributed by atoms with Crippen molar-refractivity contribution in [2.45, 2.75) is 18.4 Å². The van der Waals surface area contributed by atoms with Gasteiger partial charge >= 0.3 is 0 Å². The molecule has 0 saturated heterocycles. The number of nitrogens with one attached hydrogen (secondary N) is 1. The summed E-state index contributed by atoms with van der Waals surface area (Å²) in [7, 11) is -3.86. The van der Waals surface area contributed by atoms with Crippen molar-refractivity contribution < 1.29 is 17.2 Å². The number of hydrogen-bond acceptors (Lipinski definition) is 4. The van der Waals surface area contributed by atoms with Crippen LogP contribution in [0.25, 0.3) is 11.3 Å². The second kappa shape index (κ2) is 6.54. The van der Waals surface area contributed by atoms with E-state index in [1.54, 1.807) is 6.92 Å². The molecule has 0 aliphatic rings. The fourth-order valence-corrected chi connectivity index (χ4v) is 3.45. The van der Waals surface area contributed by atoms with Crippen LogP contribution >= 0.6 is 0 Å². The summed E-state index contributed by atoms with van der Waals surface area (Å²) in [5, 5.41) is 0. The van der Waals surface area contributed by atoms with E-state index >= 15 is 0 Å². The Labute approximate surface area is 139 Å². The molecule has 1 heterocycles. The summed E-state index contributed by atoms with van der Waals surface area (Å²) >= 11 is 0. The van der Waals surface area contributed by atoms with Crippen LogP contribution in [0.1, 0.15) is 11.5 Å². The average Bonchev–Trinajstić information content (AvgIpc) is 3.05. The molecule has 0 spiro atoms. The Balaban J connectivity index is 1.76. The zero-order valence-electron chi connectivity index (χ0n) is 12.9. The maximum Gasteiger partial charge on any atom is 0.241 e. The van der Waals surface area contributed by atoms with E-state index in [0.717, 1.165) is 11.6 Å². The molecule has 3 aromatic rings. The second-order valence-corrected chi connectivity index (χ2v) is 6.95. The zero-order chi connectivity index (χ0) is 17.2. The summed E-state index contributed by atoms with van der Waals surface area (Å²) in [6, 6.07) is 13.0. The van der Waals surface area contributed by atoms with Gasteiger partial charge in [-0.15, -0.1) is 0 Å². The van der Waals surface area contributed by atoms with E-state index in [1.165, 1.54) is 18.3 Å². The van der Waals surface area contributed by atoms with Crippen LogP contribution in [0.15, 0.2) is 64.0 Å². The first-order chi connectivity index (χ1) is 11.5. The van der Waals surface area contributed by atoms with Crippen LogP contribution in [0, 0.1) is 12.7 Å². The first-order valence-corrected chi connectivity index (χ1v) is 8.70. The maximum atomic E-state index is 13.3. The topological polar surface area (TPSA) is 72.2 Å². The van der Waals surface area contributed by atoms with Gasteiger partial charge in [-0.3, -0.25) is 0 Å². The minimum absolute atomic E-state index is 0.0997. The van der Waals surface area contributed by atoms with Gasteiger partial charge in [-0.2, -0.15) is 0 Å². The van der Waals surface area contributed by atoms with Crippen molar-refractivity contribution in [3.05, 3.63) is 72.0 Å². The quantitative estimate of drug-likeness (QED) is 0.770. The minimum Gasteiger partial charge on any atom is -0.439 e. The molecule has 7 heteroatoms. The van der Waals surface area contributed by atoms with Crippen molar-refractivity contribution in [1.29, 1.82) is 0 Å². The molecule has 24 heavy (non-hydrogen) atoms. The standard InChI is InChI=1S/C17H15FN2O3S/c1-12-7-8-14(18)9-16(12)24(21,22)20-11-17-19-10-15(23-17)13-5-3-2-4-6-13/h2-10,20H,11H2,1H3. The highest BCUT2D eigenvalue weighted by Crippen LogP contribution is 2.20. The van der Waals surface area contributed by atoms with Crippen molar-refractivity contribution in [2.24, 2.45) is 0 Å². The van der Waals surface area contributed by atoms with Crippen LogP contribution in [-0.4, -0.2) is 13.4 Å². The molecular weight excluding hydrogens is 331 g/mol. The van der Waals surface area contributed by atoms with E-state index in [0.29, 0.717) is 11.3 Å². The summed E-state index contributed by atoms with van der Waals surface area (Å²) < 4.78 is 45.8. The van der Waals surface area contributed by atoms with E-state index in [-0.39, 0.29) is 17.3 Å². The lowest BCUT2D eigenvalue weighted by molar-refractivity contribution is 0.494. The molecular formula is C17H15FN2O3S. The number of benzene rings is 2. The molecule has 0 aliphatic carbocycles. The van der Waals surface area contributed by atoms with Gasteiger partial charge in [-0.25, -0.2) is 22.5 Å². The molecule has 0 aliphatic heterocycles. The summed E-state index contributed by atoms with van der Waals surface area (Å²) in [6.07, 6.45) is 1.53. The van der Waals surface area contributed by atoms with E-state index < -0.39 is 15.8 Å². The highest BCUT2D eigenvalue weighted by atomic mass is 32.2. The van der Waals surface area contributed by atoms with Gasteiger partial charge in [0.25, 0.3) is 0 Å². The number of aryl methyl sites for hydroxylation is 1. The van der Waals surface area contributed by atoms with E-state index in [4.69, 9.17) is 4.42 Å². The van der Waals surface area contributed by atoms with Crippen LogP contribution < -0.4 is 4.72 Å². The number of sulfonamides is 1. The monoisotopic (exact) mass is 346 g/mol. The number of rotatable bonds is 5. The van der Waals surface area contributed by atoms with Crippen LogP contribution in [0.5, 0.6) is 0 Å². The van der Waals surface area contributed by atoms with Crippen LogP contribution in [0.3, 0.4) is 0 Å². The predicted octanol–water partition coefficient (Wildman–Crippen LogP) is 3.27. The van der Waals surface area contributed by atoms with E-state index in [1.807, 2.05) is 30.3 Å². The van der Waals surface area contributed by atoms with Gasteiger partial charge in [0.1, 0.15) is 5.82 Å². The molecule has 2 aromatic carbocycles. The Hall–Kier alpha value is -2.51. The largest absolute Gasteiger partial charge is 0.439 e. The van der Waals surface area contributed by atoms with Crippen molar-refractivity contribution in [3.63, 3.8) is 0 Å². The Bertz CT molecular complexity index is 953. The Morgan fingerprint density at radius 3 is 2.67 bits per heavy atom. The van der Waals surface area contributed by atoms with Gasteiger partial charge in [0.05, 0.1) is 17.6 Å². The Morgan fingerprint density at radius 2 is 1.92 bits per heavy atom. The number of hydrogen-bond donors (Lipinski definition) is 1. The maximum absolute atomic E-state index is 13.3. The summed E-state index contributed by atoms with van der Waals surface area (Å²) in [6.45, 7) is 1.48. The second-order valence-electron chi connectivity index (χ2n) is 5.22. The SMILES string of the molecule is Cc1ccc(F)cc1S(=O)(=O)NCc1ncc(-c2ccccc2)o1. The lowest BCUT2D eigenvalue weighted by Crippen LogP contribution is -2.24. The highest BCUT2D eigenvalue weighted by Gasteiger charge is 2.18. The number of nitrogens with zero attached hydrogens (tertiary/aromatic N) is 1. The lowest BCUT2D eigenvalue weighted by atomic mass is 10.2.